The number of allylic oxidation sites excluding steroid dienone is 8. The molecule has 0 aromatic carbocycles. The summed E-state index contributed by atoms with van der Waals surface area (Å²) in [6.07, 6.45) is 47.2. The van der Waals surface area contributed by atoms with Crippen molar-refractivity contribution in [3.8, 4) is 0 Å². The van der Waals surface area contributed by atoms with E-state index in [1.54, 1.807) is 0 Å². The number of likely N-dealkylation sites (N-methyl/N-ethyl adjacent to an activating group) is 1. The SMILES string of the molecule is CCCCC/C=C\C/C=C\C/C=C\CCCCCCCCC(=O)OC(COCCC(C(=O)O)[N+](C)(C)C)COC(=O)CCCCCCC/C=C\CCCCCCC. The number of aliphatic carboxylic acids is 1. The second-order valence-electron chi connectivity index (χ2n) is 16.7. The highest BCUT2D eigenvalue weighted by Gasteiger charge is 2.31. The van der Waals surface area contributed by atoms with Crippen LogP contribution < -0.4 is 0 Å². The van der Waals surface area contributed by atoms with Crippen LogP contribution in [0.25, 0.3) is 0 Å². The molecule has 2 atom stereocenters. The van der Waals surface area contributed by atoms with E-state index in [1.165, 1.54) is 83.5 Å². The highest BCUT2D eigenvalue weighted by Crippen LogP contribution is 2.14. The van der Waals surface area contributed by atoms with Crippen molar-refractivity contribution in [2.75, 3.05) is 41.0 Å². The van der Waals surface area contributed by atoms with Gasteiger partial charge >= 0.3 is 17.9 Å². The fraction of sp³-hybridized carbons (Fsp3) is 0.776. The Balaban J connectivity index is 4.36. The molecule has 0 aliphatic heterocycles. The Morgan fingerprint density at radius 1 is 0.526 bits per heavy atom. The zero-order valence-corrected chi connectivity index (χ0v) is 37.5. The number of hydrogen-bond donors (Lipinski definition) is 1. The van der Waals surface area contributed by atoms with Gasteiger partial charge in [-0.05, 0) is 77.0 Å². The average Bonchev–Trinajstić information content (AvgIpc) is 3.17. The highest BCUT2D eigenvalue weighted by atomic mass is 16.6. The summed E-state index contributed by atoms with van der Waals surface area (Å²) in [6, 6.07) is -0.619. The maximum atomic E-state index is 12.7. The third-order valence-electron chi connectivity index (χ3n) is 10.2. The van der Waals surface area contributed by atoms with E-state index in [-0.39, 0.29) is 36.2 Å². The number of hydrogen-bond acceptors (Lipinski definition) is 6. The van der Waals surface area contributed by atoms with E-state index < -0.39 is 18.1 Å². The highest BCUT2D eigenvalue weighted by molar-refractivity contribution is 5.72. The van der Waals surface area contributed by atoms with E-state index in [1.807, 2.05) is 21.1 Å². The molecule has 0 spiro atoms. The summed E-state index contributed by atoms with van der Waals surface area (Å²) in [6.45, 7) is 4.68. The summed E-state index contributed by atoms with van der Waals surface area (Å²) in [4.78, 5) is 37.0. The Morgan fingerprint density at radius 3 is 1.42 bits per heavy atom. The average molecular weight is 803 g/mol. The Labute approximate surface area is 350 Å². The van der Waals surface area contributed by atoms with Crippen molar-refractivity contribution in [1.82, 2.24) is 0 Å². The lowest BCUT2D eigenvalue weighted by molar-refractivity contribution is -0.887. The van der Waals surface area contributed by atoms with Crippen molar-refractivity contribution in [2.24, 2.45) is 0 Å². The zero-order valence-electron chi connectivity index (χ0n) is 37.5. The van der Waals surface area contributed by atoms with Gasteiger partial charge in [-0.3, -0.25) is 9.59 Å². The smallest absolute Gasteiger partial charge is 0.362 e. The van der Waals surface area contributed by atoms with Crippen molar-refractivity contribution in [1.29, 1.82) is 0 Å². The summed E-state index contributed by atoms with van der Waals surface area (Å²) >= 11 is 0. The minimum atomic E-state index is -0.879. The molecule has 0 fully saturated rings. The number of esters is 2. The van der Waals surface area contributed by atoms with Gasteiger partial charge in [-0.15, -0.1) is 0 Å². The van der Waals surface area contributed by atoms with Crippen molar-refractivity contribution in [3.05, 3.63) is 48.6 Å². The molecule has 1 N–H and O–H groups in total. The number of carbonyl (C=O) groups is 3. The maximum Gasteiger partial charge on any atom is 0.362 e. The summed E-state index contributed by atoms with van der Waals surface area (Å²) in [5, 5.41) is 9.63. The second-order valence-corrected chi connectivity index (χ2v) is 16.7. The topological polar surface area (TPSA) is 99.1 Å². The van der Waals surface area contributed by atoms with Crippen molar-refractivity contribution in [2.45, 2.75) is 206 Å². The van der Waals surface area contributed by atoms with Crippen LogP contribution in [0.3, 0.4) is 0 Å². The van der Waals surface area contributed by atoms with Gasteiger partial charge in [0.1, 0.15) is 6.61 Å². The normalized spacial score (nSPS) is 13.4. The minimum Gasteiger partial charge on any atom is -0.477 e. The molecule has 57 heavy (non-hydrogen) atoms. The molecule has 0 amide bonds. The van der Waals surface area contributed by atoms with E-state index in [0.29, 0.717) is 19.3 Å². The molecule has 2 unspecified atom stereocenters. The van der Waals surface area contributed by atoms with Crippen molar-refractivity contribution >= 4 is 17.9 Å². The second kappa shape index (κ2) is 40.1. The third-order valence-corrected chi connectivity index (χ3v) is 10.2. The standard InChI is InChI=1S/C49H87NO7/c1-6-8-10-12-14-16-18-20-22-23-24-25-26-28-30-32-34-36-38-40-48(52)57-45(43-55-42-41-46(49(53)54)50(3,4)5)44-56-47(51)39-37-35-33-31-29-27-21-19-17-15-13-11-9-7-2/h14,16,19-22,24-25,45-46H,6-13,15,17-18,23,26-44H2,1-5H3/p+1/b16-14-,21-19-,22-20-,25-24-. The fourth-order valence-corrected chi connectivity index (χ4v) is 6.56. The van der Waals surface area contributed by atoms with E-state index in [4.69, 9.17) is 14.2 Å². The van der Waals surface area contributed by atoms with Crippen LogP contribution in [0.2, 0.25) is 0 Å². The first-order chi connectivity index (χ1) is 27.6. The lowest BCUT2D eigenvalue weighted by Gasteiger charge is -2.31. The van der Waals surface area contributed by atoms with Gasteiger partial charge in [0.05, 0.1) is 34.4 Å². The quantitative estimate of drug-likeness (QED) is 0.0284. The van der Waals surface area contributed by atoms with E-state index in [0.717, 1.165) is 77.0 Å². The minimum absolute atomic E-state index is 0.0527. The first-order valence-electron chi connectivity index (χ1n) is 23.2. The van der Waals surface area contributed by atoms with E-state index in [2.05, 4.69) is 62.5 Å². The van der Waals surface area contributed by atoms with Crippen molar-refractivity contribution < 1.29 is 38.2 Å². The number of quaternary nitrogens is 1. The monoisotopic (exact) mass is 803 g/mol. The van der Waals surface area contributed by atoms with E-state index in [9.17, 15) is 19.5 Å². The van der Waals surface area contributed by atoms with Crippen LogP contribution in [0, 0.1) is 0 Å². The van der Waals surface area contributed by atoms with Gasteiger partial charge in [0.15, 0.2) is 12.1 Å². The number of unbranched alkanes of at least 4 members (excludes halogenated alkanes) is 19. The number of carboxylic acids is 1. The first-order valence-corrected chi connectivity index (χ1v) is 23.2. The molecule has 0 heterocycles. The van der Waals surface area contributed by atoms with Gasteiger partial charge in [0, 0.05) is 19.3 Å². The Kier molecular flexibility index (Phi) is 38.2. The van der Waals surface area contributed by atoms with Crippen LogP contribution in [-0.4, -0.2) is 80.6 Å². The Bertz CT molecular complexity index is 1070. The van der Waals surface area contributed by atoms with Gasteiger partial charge in [-0.2, -0.15) is 0 Å². The zero-order chi connectivity index (χ0) is 42.1. The molecule has 0 aromatic heterocycles. The Hall–Kier alpha value is -2.71. The lowest BCUT2D eigenvalue weighted by Crippen LogP contribution is -2.50. The molecule has 0 radical (unpaired) electrons. The van der Waals surface area contributed by atoms with Gasteiger partial charge < -0.3 is 23.8 Å². The molecule has 0 aliphatic carbocycles. The number of nitrogens with zero attached hydrogens (tertiary/aromatic N) is 1. The molecule has 330 valence electrons. The van der Waals surface area contributed by atoms with Crippen LogP contribution in [0.15, 0.2) is 48.6 Å². The predicted molar refractivity (Wildman–Crippen MR) is 238 cm³/mol. The molecule has 0 saturated carbocycles. The number of ether oxygens (including phenoxy) is 3. The molecule has 0 aliphatic rings. The lowest BCUT2D eigenvalue weighted by atomic mass is 10.1. The summed E-state index contributed by atoms with van der Waals surface area (Å²) < 4.78 is 17.3. The molecule has 0 bridgehead atoms. The van der Waals surface area contributed by atoms with E-state index >= 15 is 0 Å². The molecule has 8 heteroatoms. The molecule has 8 nitrogen and oxygen atoms in total. The first kappa shape index (κ1) is 54.3. The third kappa shape index (κ3) is 38.6. The molecule has 0 rings (SSSR count). The van der Waals surface area contributed by atoms with Crippen LogP contribution >= 0.6 is 0 Å². The summed E-state index contributed by atoms with van der Waals surface area (Å²) in [5.41, 5.74) is 0. The number of rotatable bonds is 41. The molecule has 0 saturated heterocycles. The van der Waals surface area contributed by atoms with Crippen LogP contribution in [-0.2, 0) is 28.6 Å². The fourth-order valence-electron chi connectivity index (χ4n) is 6.56. The maximum absolute atomic E-state index is 12.7. The van der Waals surface area contributed by atoms with Crippen LogP contribution in [0.5, 0.6) is 0 Å². The molecule has 0 aromatic rings. The summed E-state index contributed by atoms with van der Waals surface area (Å²) in [7, 11) is 5.52. The van der Waals surface area contributed by atoms with Gasteiger partial charge in [-0.1, -0.05) is 146 Å². The van der Waals surface area contributed by atoms with Gasteiger partial charge in [-0.25, -0.2) is 4.79 Å². The molecular weight excluding hydrogens is 715 g/mol. The van der Waals surface area contributed by atoms with Crippen LogP contribution in [0.1, 0.15) is 194 Å². The van der Waals surface area contributed by atoms with Crippen molar-refractivity contribution in [3.63, 3.8) is 0 Å². The van der Waals surface area contributed by atoms with Gasteiger partial charge in [0.25, 0.3) is 0 Å². The number of carboxylic acid groups (broad SMARTS) is 1. The Morgan fingerprint density at radius 2 is 0.930 bits per heavy atom. The summed E-state index contributed by atoms with van der Waals surface area (Å²) in [5.74, 6) is -1.49. The van der Waals surface area contributed by atoms with Crippen LogP contribution in [0.4, 0.5) is 0 Å². The van der Waals surface area contributed by atoms with Gasteiger partial charge in [0.2, 0.25) is 0 Å². The molecular formula is C49H88NO7+. The largest absolute Gasteiger partial charge is 0.477 e. The predicted octanol–water partition coefficient (Wildman–Crippen LogP) is 12.8. The number of carbonyl (C=O) groups excluding carboxylic acids is 2.